The molecule has 0 radical (unpaired) electrons. The number of carbonyl (C=O) groups is 2. The van der Waals surface area contributed by atoms with Gasteiger partial charge in [-0.3, -0.25) is 14.4 Å². The molecule has 4 aromatic rings. The number of hydrogen-bond donors (Lipinski definition) is 3. The van der Waals surface area contributed by atoms with Gasteiger partial charge >= 0.3 is 0 Å². The van der Waals surface area contributed by atoms with Crippen molar-refractivity contribution in [3.8, 4) is 28.4 Å². The highest BCUT2D eigenvalue weighted by Crippen LogP contribution is 2.50. The van der Waals surface area contributed by atoms with Gasteiger partial charge in [0.1, 0.15) is 5.82 Å². The fourth-order valence-electron chi connectivity index (χ4n) is 6.91. The van der Waals surface area contributed by atoms with Crippen LogP contribution in [-0.4, -0.2) is 55.8 Å². The number of methoxy groups -OCH3 is 3. The molecule has 2 amide bonds. The van der Waals surface area contributed by atoms with Crippen LogP contribution in [0.4, 0.5) is 5.69 Å². The van der Waals surface area contributed by atoms with E-state index < -0.39 is 0 Å². The Balaban J connectivity index is 1.20. The third kappa shape index (κ3) is 8.04. The van der Waals surface area contributed by atoms with Gasteiger partial charge in [0.05, 0.1) is 44.1 Å². The Bertz CT molecular complexity index is 1900. The zero-order valence-electron chi connectivity index (χ0n) is 30.0. The quantitative estimate of drug-likeness (QED) is 0.128. The van der Waals surface area contributed by atoms with E-state index in [9.17, 15) is 14.4 Å². The molecule has 3 N–H and O–H groups in total. The van der Waals surface area contributed by atoms with Gasteiger partial charge in [-0.25, -0.2) is 4.98 Å². The molecule has 50 heavy (non-hydrogen) atoms. The van der Waals surface area contributed by atoms with E-state index in [1.165, 1.54) is 6.92 Å². The largest absolute Gasteiger partial charge is 0.493 e. The molecule has 1 aromatic heterocycles. The third-order valence-corrected chi connectivity index (χ3v) is 9.17. The second-order valence-corrected chi connectivity index (χ2v) is 12.9. The normalized spacial score (nSPS) is 13.6. The summed E-state index contributed by atoms with van der Waals surface area (Å²) < 4.78 is 19.4. The Labute approximate surface area is 293 Å². The van der Waals surface area contributed by atoms with Crippen molar-refractivity contribution in [3.05, 3.63) is 75.7 Å². The highest BCUT2D eigenvalue weighted by Gasteiger charge is 2.29. The summed E-state index contributed by atoms with van der Waals surface area (Å²) in [6.45, 7) is 6.89. The first kappa shape index (κ1) is 36.2. The van der Waals surface area contributed by atoms with Gasteiger partial charge in [0.25, 0.3) is 0 Å². The third-order valence-electron chi connectivity index (χ3n) is 9.17. The van der Waals surface area contributed by atoms with Crippen molar-refractivity contribution in [2.75, 3.05) is 39.7 Å². The molecule has 0 fully saturated rings. The Hall–Kier alpha value is -5.06. The van der Waals surface area contributed by atoms with E-state index in [0.717, 1.165) is 58.4 Å². The van der Waals surface area contributed by atoms with Crippen LogP contribution in [0.2, 0.25) is 0 Å². The van der Waals surface area contributed by atoms with Crippen molar-refractivity contribution in [1.82, 2.24) is 20.2 Å². The number of anilines is 1. The SMILES string of the molecule is COc1cc2c(c(OC)c1OC)-c1ccc(NCCCCCC(=O)NCCc3nc4ccccc4n3C(C)C)c(=O)cc1C(NC(C)=O)CC2. The van der Waals surface area contributed by atoms with Gasteiger partial charge in [-0.2, -0.15) is 0 Å². The highest BCUT2D eigenvalue weighted by atomic mass is 16.5. The summed E-state index contributed by atoms with van der Waals surface area (Å²) >= 11 is 0. The van der Waals surface area contributed by atoms with Crippen molar-refractivity contribution in [2.24, 2.45) is 0 Å². The Morgan fingerprint density at radius 2 is 1.74 bits per heavy atom. The minimum Gasteiger partial charge on any atom is -0.493 e. The fourth-order valence-corrected chi connectivity index (χ4v) is 6.91. The minimum absolute atomic E-state index is 0.0299. The lowest BCUT2D eigenvalue weighted by molar-refractivity contribution is -0.121. The molecular weight excluding hydrogens is 634 g/mol. The summed E-state index contributed by atoms with van der Waals surface area (Å²) in [4.78, 5) is 43.1. The van der Waals surface area contributed by atoms with Gasteiger partial charge in [0, 0.05) is 44.5 Å². The van der Waals surface area contributed by atoms with Crippen LogP contribution in [0.5, 0.6) is 17.2 Å². The van der Waals surface area contributed by atoms with Crippen LogP contribution in [0.15, 0.2) is 53.3 Å². The molecule has 5 rings (SSSR count). The summed E-state index contributed by atoms with van der Waals surface area (Å²) in [7, 11) is 4.72. The van der Waals surface area contributed by atoms with E-state index in [2.05, 4.69) is 40.4 Å². The van der Waals surface area contributed by atoms with Crippen molar-refractivity contribution < 1.29 is 23.8 Å². The number of hydrogen-bond acceptors (Lipinski definition) is 8. The van der Waals surface area contributed by atoms with Crippen molar-refractivity contribution in [2.45, 2.75) is 77.8 Å². The molecule has 266 valence electrons. The van der Waals surface area contributed by atoms with Crippen LogP contribution in [0.25, 0.3) is 22.2 Å². The summed E-state index contributed by atoms with van der Waals surface area (Å²) in [5.41, 5.74) is 5.67. The molecule has 1 aliphatic carbocycles. The summed E-state index contributed by atoms with van der Waals surface area (Å²) in [5.74, 6) is 2.36. The van der Waals surface area contributed by atoms with E-state index >= 15 is 0 Å². The molecule has 0 spiro atoms. The van der Waals surface area contributed by atoms with Crippen LogP contribution in [0, 0.1) is 0 Å². The lowest BCUT2D eigenvalue weighted by atomic mass is 9.95. The second kappa shape index (κ2) is 16.6. The number of para-hydroxylation sites is 2. The topological polar surface area (TPSA) is 133 Å². The van der Waals surface area contributed by atoms with E-state index in [4.69, 9.17) is 19.2 Å². The van der Waals surface area contributed by atoms with Crippen LogP contribution in [-0.2, 0) is 22.4 Å². The maximum atomic E-state index is 13.5. The van der Waals surface area contributed by atoms with Gasteiger partial charge in [-0.15, -0.1) is 0 Å². The molecule has 1 heterocycles. The Kier molecular flexibility index (Phi) is 12.0. The number of nitrogens with zero attached hydrogens (tertiary/aromatic N) is 2. The minimum atomic E-state index is -0.368. The zero-order valence-corrected chi connectivity index (χ0v) is 30.0. The number of ether oxygens (including phenoxy) is 3. The lowest BCUT2D eigenvalue weighted by Crippen LogP contribution is -2.26. The van der Waals surface area contributed by atoms with Gasteiger partial charge in [0.15, 0.2) is 11.5 Å². The molecule has 0 saturated carbocycles. The number of benzene rings is 2. The zero-order chi connectivity index (χ0) is 35.8. The highest BCUT2D eigenvalue weighted by molar-refractivity contribution is 5.84. The standard InChI is InChI=1S/C39H49N5O6/c1-24(2)44-32-13-10-9-12-30(32)43-35(44)19-21-41-36(47)14-8-7-11-20-40-31-18-16-27-28(23-33(31)46)29(42-25(3)45)17-15-26-22-34(48-4)38(49-5)39(50-6)37(26)27/h9-10,12-13,16,18,22-24,29H,7-8,11,14-15,17,19-21H2,1-6H3,(H,40,46)(H,41,47)(H,42,45). The van der Waals surface area contributed by atoms with Gasteiger partial charge < -0.3 is 34.7 Å². The van der Waals surface area contributed by atoms with Crippen LogP contribution >= 0.6 is 0 Å². The van der Waals surface area contributed by atoms with E-state index in [0.29, 0.717) is 61.7 Å². The fraction of sp³-hybridized carbons (Fsp3) is 0.436. The molecule has 11 heteroatoms. The van der Waals surface area contributed by atoms with Crippen molar-refractivity contribution in [1.29, 1.82) is 0 Å². The molecule has 0 saturated heterocycles. The van der Waals surface area contributed by atoms with Crippen LogP contribution < -0.4 is 35.6 Å². The maximum Gasteiger partial charge on any atom is 0.220 e. The lowest BCUT2D eigenvalue weighted by Gasteiger charge is -2.19. The number of imidazole rings is 1. The van der Waals surface area contributed by atoms with Gasteiger partial charge in [-0.05, 0) is 86.6 Å². The molecule has 3 aromatic carbocycles. The Morgan fingerprint density at radius 3 is 2.46 bits per heavy atom. The number of carbonyl (C=O) groups excluding carboxylic acids is 2. The smallest absolute Gasteiger partial charge is 0.220 e. The van der Waals surface area contributed by atoms with Gasteiger partial charge in [0.2, 0.25) is 23.0 Å². The number of unbranched alkanes of at least 4 members (excludes halogenated alkanes) is 2. The maximum absolute atomic E-state index is 13.5. The average Bonchev–Trinajstić information content (AvgIpc) is 3.31. The van der Waals surface area contributed by atoms with Crippen LogP contribution in [0.1, 0.15) is 81.9 Å². The first-order valence-electron chi connectivity index (χ1n) is 17.4. The predicted molar refractivity (Wildman–Crippen MR) is 196 cm³/mol. The number of nitrogens with one attached hydrogen (secondary N) is 3. The number of aromatic nitrogens is 2. The summed E-state index contributed by atoms with van der Waals surface area (Å²) in [6.07, 6.45) is 4.73. The van der Waals surface area contributed by atoms with Crippen molar-refractivity contribution in [3.63, 3.8) is 0 Å². The summed E-state index contributed by atoms with van der Waals surface area (Å²) in [6, 6.07) is 15.3. The average molecular weight is 684 g/mol. The number of fused-ring (bicyclic) bond motifs is 4. The number of aryl methyl sites for hydroxylation is 1. The predicted octanol–water partition coefficient (Wildman–Crippen LogP) is 6.12. The number of amides is 2. The van der Waals surface area contributed by atoms with E-state index in [1.54, 1.807) is 33.5 Å². The molecular formula is C39H49N5O6. The molecule has 0 aliphatic heterocycles. The number of rotatable bonds is 15. The molecule has 1 unspecified atom stereocenters. The van der Waals surface area contributed by atoms with E-state index in [1.807, 2.05) is 30.3 Å². The van der Waals surface area contributed by atoms with Gasteiger partial charge in [-0.1, -0.05) is 24.6 Å². The molecule has 1 aliphatic rings. The monoisotopic (exact) mass is 683 g/mol. The first-order chi connectivity index (χ1) is 24.2. The van der Waals surface area contributed by atoms with Crippen molar-refractivity contribution >= 4 is 28.5 Å². The second-order valence-electron chi connectivity index (χ2n) is 12.9. The molecule has 1 atom stereocenters. The first-order valence-corrected chi connectivity index (χ1v) is 17.4. The van der Waals surface area contributed by atoms with E-state index in [-0.39, 0.29) is 29.3 Å². The molecule has 0 bridgehead atoms. The summed E-state index contributed by atoms with van der Waals surface area (Å²) in [5, 5.41) is 9.38. The van der Waals surface area contributed by atoms with Crippen LogP contribution in [0.3, 0.4) is 0 Å². The Morgan fingerprint density at radius 1 is 0.960 bits per heavy atom. The molecule has 11 nitrogen and oxygen atoms in total.